The first-order valence-electron chi connectivity index (χ1n) is 11.3. The molecule has 3 N–H and O–H groups in total. The molecule has 3 aromatic rings. The van der Waals surface area contributed by atoms with E-state index in [0.717, 1.165) is 22.3 Å². The van der Waals surface area contributed by atoms with E-state index >= 15 is 0 Å². The number of carbonyl (C=O) groups is 3. The molecule has 180 valence electrons. The Balaban J connectivity index is 1.43. The zero-order valence-corrected chi connectivity index (χ0v) is 19.8. The first-order valence-corrected chi connectivity index (χ1v) is 11.7. The van der Waals surface area contributed by atoms with Gasteiger partial charge in [0.05, 0.1) is 10.7 Å². The van der Waals surface area contributed by atoms with E-state index in [9.17, 15) is 19.5 Å². The molecule has 0 spiro atoms. The largest absolute Gasteiger partial charge is 0.480 e. The number of carbonyl (C=O) groups excluding carboxylic acids is 2. The van der Waals surface area contributed by atoms with Crippen LogP contribution in [0.5, 0.6) is 0 Å². The second kappa shape index (κ2) is 10.6. The third kappa shape index (κ3) is 5.30. The number of fused-ring (bicyclic) bond motifs is 3. The van der Waals surface area contributed by atoms with Crippen molar-refractivity contribution in [2.45, 2.75) is 31.7 Å². The highest BCUT2D eigenvalue weighted by Gasteiger charge is 2.29. The SMILES string of the molecule is CCC[C@@H](NC(=O)c1ccc(Cl)c(NC(=O)OCC2c3ccccc3-c3ccccc32)c1)C(=O)O. The molecule has 1 aliphatic rings. The minimum Gasteiger partial charge on any atom is -0.480 e. The number of hydrogen-bond acceptors (Lipinski definition) is 4. The molecule has 1 atom stereocenters. The second-order valence-corrected chi connectivity index (χ2v) is 8.71. The van der Waals surface area contributed by atoms with Gasteiger partial charge in [-0.05, 0) is 46.9 Å². The molecule has 0 radical (unpaired) electrons. The van der Waals surface area contributed by atoms with Gasteiger partial charge in [-0.3, -0.25) is 10.1 Å². The normalized spacial score (nSPS) is 12.9. The number of ether oxygens (including phenoxy) is 1. The lowest BCUT2D eigenvalue weighted by atomic mass is 9.98. The van der Waals surface area contributed by atoms with Crippen molar-refractivity contribution in [1.29, 1.82) is 0 Å². The standard InChI is InChI=1S/C27H25ClN2O5/c1-2-7-23(26(32)33)29-25(31)16-12-13-22(28)24(14-16)30-27(34)35-15-21-19-10-5-3-8-17(19)18-9-4-6-11-20(18)21/h3-6,8-14,21,23H,2,7,15H2,1H3,(H,29,31)(H,30,34)(H,32,33)/t23-/m1/s1. The summed E-state index contributed by atoms with van der Waals surface area (Å²) in [4.78, 5) is 36.5. The first-order chi connectivity index (χ1) is 16.9. The number of benzene rings is 3. The summed E-state index contributed by atoms with van der Waals surface area (Å²) in [5, 5.41) is 14.6. The summed E-state index contributed by atoms with van der Waals surface area (Å²) in [6.45, 7) is 1.97. The van der Waals surface area contributed by atoms with Crippen LogP contribution in [-0.2, 0) is 9.53 Å². The quantitative estimate of drug-likeness (QED) is 0.375. The van der Waals surface area contributed by atoms with E-state index in [0.29, 0.717) is 12.8 Å². The highest BCUT2D eigenvalue weighted by Crippen LogP contribution is 2.44. The van der Waals surface area contributed by atoms with E-state index in [1.54, 1.807) is 0 Å². The third-order valence-corrected chi connectivity index (χ3v) is 6.32. The molecular formula is C27H25ClN2O5. The first kappa shape index (κ1) is 24.3. The number of halogens is 1. The average Bonchev–Trinajstić information content (AvgIpc) is 3.17. The topological polar surface area (TPSA) is 105 Å². The van der Waals surface area contributed by atoms with Crippen molar-refractivity contribution in [2.24, 2.45) is 0 Å². The van der Waals surface area contributed by atoms with Gasteiger partial charge >= 0.3 is 12.1 Å². The summed E-state index contributed by atoms with van der Waals surface area (Å²) < 4.78 is 5.54. The zero-order chi connectivity index (χ0) is 24.9. The van der Waals surface area contributed by atoms with Crippen LogP contribution >= 0.6 is 11.6 Å². The van der Waals surface area contributed by atoms with Crippen molar-refractivity contribution in [3.8, 4) is 11.1 Å². The van der Waals surface area contributed by atoms with Gasteiger partial charge in [0.1, 0.15) is 12.6 Å². The Morgan fingerprint density at radius 2 is 1.63 bits per heavy atom. The van der Waals surface area contributed by atoms with Gasteiger partial charge in [-0.25, -0.2) is 9.59 Å². The smallest absolute Gasteiger partial charge is 0.411 e. The van der Waals surface area contributed by atoms with E-state index < -0.39 is 24.0 Å². The van der Waals surface area contributed by atoms with Crippen LogP contribution in [0.1, 0.15) is 47.2 Å². The average molecular weight is 493 g/mol. The fourth-order valence-electron chi connectivity index (χ4n) is 4.29. The van der Waals surface area contributed by atoms with Crippen molar-refractivity contribution in [1.82, 2.24) is 5.32 Å². The predicted octanol–water partition coefficient (Wildman–Crippen LogP) is 5.68. The maximum atomic E-state index is 12.6. The molecular weight excluding hydrogens is 468 g/mol. The zero-order valence-electron chi connectivity index (χ0n) is 19.1. The summed E-state index contributed by atoms with van der Waals surface area (Å²) in [6.07, 6.45) is 0.201. The number of amides is 2. The summed E-state index contributed by atoms with van der Waals surface area (Å²) >= 11 is 6.22. The Labute approximate surface area is 208 Å². The monoisotopic (exact) mass is 492 g/mol. The number of hydrogen-bond donors (Lipinski definition) is 3. The molecule has 0 saturated carbocycles. The molecule has 0 saturated heterocycles. The van der Waals surface area contributed by atoms with Gasteiger partial charge < -0.3 is 15.2 Å². The van der Waals surface area contributed by atoms with E-state index in [2.05, 4.69) is 22.8 Å². The number of carboxylic acid groups (broad SMARTS) is 1. The molecule has 0 bridgehead atoms. The van der Waals surface area contributed by atoms with Gasteiger partial charge in [-0.2, -0.15) is 0 Å². The number of rotatable bonds is 8. The van der Waals surface area contributed by atoms with E-state index in [4.69, 9.17) is 16.3 Å². The van der Waals surface area contributed by atoms with E-state index in [1.807, 2.05) is 43.3 Å². The highest BCUT2D eigenvalue weighted by molar-refractivity contribution is 6.33. The minimum atomic E-state index is -1.11. The van der Waals surface area contributed by atoms with Crippen molar-refractivity contribution in [3.05, 3.63) is 88.4 Å². The fourth-order valence-corrected chi connectivity index (χ4v) is 4.46. The van der Waals surface area contributed by atoms with E-state index in [1.165, 1.54) is 18.2 Å². The van der Waals surface area contributed by atoms with Gasteiger partial charge in [0.2, 0.25) is 0 Å². The predicted molar refractivity (Wildman–Crippen MR) is 134 cm³/mol. The van der Waals surface area contributed by atoms with Crippen LogP contribution in [0.25, 0.3) is 11.1 Å². The Morgan fingerprint density at radius 3 is 2.23 bits per heavy atom. The van der Waals surface area contributed by atoms with Gasteiger partial charge in [-0.15, -0.1) is 0 Å². The molecule has 4 rings (SSSR count). The van der Waals surface area contributed by atoms with Crippen LogP contribution in [0.4, 0.5) is 10.5 Å². The van der Waals surface area contributed by atoms with Crippen molar-refractivity contribution in [3.63, 3.8) is 0 Å². The Hall–Kier alpha value is -3.84. The Morgan fingerprint density at radius 1 is 1.00 bits per heavy atom. The van der Waals surface area contributed by atoms with Crippen LogP contribution < -0.4 is 10.6 Å². The number of nitrogens with one attached hydrogen (secondary N) is 2. The number of carboxylic acids is 1. The Bertz CT molecular complexity index is 1230. The molecule has 0 fully saturated rings. The summed E-state index contributed by atoms with van der Waals surface area (Å²) in [5.41, 5.74) is 4.81. The lowest BCUT2D eigenvalue weighted by molar-refractivity contribution is -0.139. The molecule has 0 heterocycles. The van der Waals surface area contributed by atoms with Crippen LogP contribution in [0.15, 0.2) is 66.7 Å². The minimum absolute atomic E-state index is 0.0905. The Kier molecular flexibility index (Phi) is 7.36. The lowest BCUT2D eigenvalue weighted by Gasteiger charge is -2.16. The number of anilines is 1. The van der Waals surface area contributed by atoms with Crippen LogP contribution in [0.2, 0.25) is 5.02 Å². The summed E-state index contributed by atoms with van der Waals surface area (Å²) in [7, 11) is 0. The summed E-state index contributed by atoms with van der Waals surface area (Å²) in [5.74, 6) is -1.77. The number of aliphatic carboxylic acids is 1. The van der Waals surface area contributed by atoms with Crippen molar-refractivity contribution in [2.75, 3.05) is 11.9 Å². The van der Waals surface area contributed by atoms with Gasteiger partial charge in [0.15, 0.2) is 0 Å². The van der Waals surface area contributed by atoms with Gasteiger partial charge in [-0.1, -0.05) is 73.5 Å². The van der Waals surface area contributed by atoms with Crippen LogP contribution in [-0.4, -0.2) is 35.7 Å². The van der Waals surface area contributed by atoms with Gasteiger partial charge in [0, 0.05) is 11.5 Å². The third-order valence-electron chi connectivity index (χ3n) is 5.99. The molecule has 0 unspecified atom stereocenters. The lowest BCUT2D eigenvalue weighted by Crippen LogP contribution is -2.40. The maximum absolute atomic E-state index is 12.6. The van der Waals surface area contributed by atoms with Crippen molar-refractivity contribution < 1.29 is 24.2 Å². The molecule has 3 aromatic carbocycles. The molecule has 8 heteroatoms. The molecule has 35 heavy (non-hydrogen) atoms. The summed E-state index contributed by atoms with van der Waals surface area (Å²) in [6, 6.07) is 19.4. The highest BCUT2D eigenvalue weighted by atomic mass is 35.5. The molecule has 2 amide bonds. The molecule has 0 aliphatic heterocycles. The van der Waals surface area contributed by atoms with Crippen molar-refractivity contribution >= 4 is 35.3 Å². The molecule has 7 nitrogen and oxygen atoms in total. The molecule has 1 aliphatic carbocycles. The fraction of sp³-hybridized carbons (Fsp3) is 0.222. The maximum Gasteiger partial charge on any atom is 0.411 e. The van der Waals surface area contributed by atoms with E-state index in [-0.39, 0.29) is 28.8 Å². The van der Waals surface area contributed by atoms with Crippen LogP contribution in [0, 0.1) is 0 Å². The second-order valence-electron chi connectivity index (χ2n) is 8.30. The molecule has 0 aromatic heterocycles. The van der Waals surface area contributed by atoms with Gasteiger partial charge in [0.25, 0.3) is 5.91 Å². The van der Waals surface area contributed by atoms with Crippen LogP contribution in [0.3, 0.4) is 0 Å².